The molecule has 1 aliphatic rings. The Morgan fingerprint density at radius 1 is 1.12 bits per heavy atom. The van der Waals surface area contributed by atoms with Gasteiger partial charge in [0.1, 0.15) is 0 Å². The molecular formula is C13H15N3. The number of anilines is 1. The number of nitrogens with zero attached hydrogens (tertiary/aromatic N) is 3. The largest absolute Gasteiger partial charge is 0.370 e. The van der Waals surface area contributed by atoms with Gasteiger partial charge < -0.3 is 4.90 Å². The van der Waals surface area contributed by atoms with E-state index in [0.717, 1.165) is 13.0 Å². The first kappa shape index (κ1) is 9.46. The van der Waals surface area contributed by atoms with Gasteiger partial charge >= 0.3 is 0 Å². The molecule has 0 aliphatic carbocycles. The molecule has 0 saturated carbocycles. The summed E-state index contributed by atoms with van der Waals surface area (Å²) < 4.78 is 1.99. The Labute approximate surface area is 95.3 Å². The van der Waals surface area contributed by atoms with E-state index in [4.69, 9.17) is 0 Å². The maximum Gasteiger partial charge on any atom is 0.0542 e. The van der Waals surface area contributed by atoms with Crippen LogP contribution in [0, 0.1) is 0 Å². The summed E-state index contributed by atoms with van der Waals surface area (Å²) in [6.07, 6.45) is 2.96. The summed E-state index contributed by atoms with van der Waals surface area (Å²) in [6, 6.07) is 8.60. The van der Waals surface area contributed by atoms with E-state index >= 15 is 0 Å². The minimum absolute atomic E-state index is 0.945. The predicted molar refractivity (Wildman–Crippen MR) is 64.6 cm³/mol. The normalized spacial score (nSPS) is 14.2. The molecule has 1 aromatic carbocycles. The van der Waals surface area contributed by atoms with Gasteiger partial charge in [0.2, 0.25) is 0 Å². The summed E-state index contributed by atoms with van der Waals surface area (Å²) in [5.74, 6) is 0. The molecule has 0 N–H and O–H groups in total. The predicted octanol–water partition coefficient (Wildman–Crippen LogP) is 1.96. The van der Waals surface area contributed by atoms with Crippen LogP contribution in [0.3, 0.4) is 0 Å². The van der Waals surface area contributed by atoms with Gasteiger partial charge in [-0.2, -0.15) is 5.10 Å². The van der Waals surface area contributed by atoms with Gasteiger partial charge in [-0.05, 0) is 11.6 Å². The Morgan fingerprint density at radius 2 is 1.94 bits per heavy atom. The number of aryl methyl sites for hydroxylation is 1. The number of benzene rings is 1. The van der Waals surface area contributed by atoms with Crippen molar-refractivity contribution in [3.8, 4) is 0 Å². The quantitative estimate of drug-likeness (QED) is 0.667. The standard InChI is InChI=1S/C13H15N3/c1-15-9-11-8-14-16(2)13(11)7-10-5-3-4-6-12(10)15/h3-6,8H,7,9H2,1-2H3. The van der Waals surface area contributed by atoms with Gasteiger partial charge in [0.25, 0.3) is 0 Å². The van der Waals surface area contributed by atoms with Gasteiger partial charge in [-0.3, -0.25) is 4.68 Å². The number of hydrogen-bond acceptors (Lipinski definition) is 2. The highest BCUT2D eigenvalue weighted by Crippen LogP contribution is 2.28. The molecule has 2 aromatic rings. The second-order valence-electron chi connectivity index (χ2n) is 4.40. The zero-order valence-corrected chi connectivity index (χ0v) is 9.64. The van der Waals surface area contributed by atoms with Crippen LogP contribution in [0.1, 0.15) is 16.8 Å². The van der Waals surface area contributed by atoms with E-state index in [1.54, 1.807) is 0 Å². The SMILES string of the molecule is CN1Cc2cnn(C)c2Cc2ccccc21. The van der Waals surface area contributed by atoms with Crippen LogP contribution in [-0.2, 0) is 20.0 Å². The minimum Gasteiger partial charge on any atom is -0.370 e. The summed E-state index contributed by atoms with van der Waals surface area (Å²) in [5, 5.41) is 4.34. The number of hydrogen-bond donors (Lipinski definition) is 0. The Hall–Kier alpha value is -1.77. The molecule has 0 bridgehead atoms. The molecule has 0 spiro atoms. The molecule has 0 amide bonds. The lowest BCUT2D eigenvalue weighted by molar-refractivity contribution is 0.723. The molecule has 82 valence electrons. The lowest BCUT2D eigenvalue weighted by Gasteiger charge is -2.18. The Balaban J connectivity index is 2.16. The fourth-order valence-electron chi connectivity index (χ4n) is 2.42. The van der Waals surface area contributed by atoms with Crippen LogP contribution >= 0.6 is 0 Å². The second kappa shape index (κ2) is 3.37. The van der Waals surface area contributed by atoms with Crippen molar-refractivity contribution >= 4 is 5.69 Å². The van der Waals surface area contributed by atoms with Gasteiger partial charge in [-0.25, -0.2) is 0 Å². The molecule has 1 aromatic heterocycles. The zero-order chi connectivity index (χ0) is 11.1. The summed E-state index contributed by atoms with van der Waals surface area (Å²) in [5.41, 5.74) is 5.38. The van der Waals surface area contributed by atoms with E-state index in [9.17, 15) is 0 Å². The van der Waals surface area contributed by atoms with Crippen molar-refractivity contribution in [2.24, 2.45) is 7.05 Å². The number of fused-ring (bicyclic) bond motifs is 2. The molecule has 2 heterocycles. The lowest BCUT2D eigenvalue weighted by atomic mass is 10.1. The third-order valence-corrected chi connectivity index (χ3v) is 3.32. The molecule has 0 radical (unpaired) electrons. The molecule has 3 nitrogen and oxygen atoms in total. The molecule has 1 aliphatic heterocycles. The Morgan fingerprint density at radius 3 is 2.81 bits per heavy atom. The topological polar surface area (TPSA) is 21.1 Å². The van der Waals surface area contributed by atoms with E-state index in [-0.39, 0.29) is 0 Å². The molecule has 0 fully saturated rings. The van der Waals surface area contributed by atoms with Crippen LogP contribution in [0.5, 0.6) is 0 Å². The molecule has 3 rings (SSSR count). The second-order valence-corrected chi connectivity index (χ2v) is 4.40. The van der Waals surface area contributed by atoms with Crippen molar-refractivity contribution in [2.75, 3.05) is 11.9 Å². The third kappa shape index (κ3) is 1.32. The first-order valence-corrected chi connectivity index (χ1v) is 5.54. The first-order chi connectivity index (χ1) is 7.75. The summed E-state index contributed by atoms with van der Waals surface area (Å²) in [6.45, 7) is 0.945. The minimum atomic E-state index is 0.945. The fraction of sp³-hybridized carbons (Fsp3) is 0.308. The maximum atomic E-state index is 4.34. The first-order valence-electron chi connectivity index (χ1n) is 5.54. The summed E-state index contributed by atoms with van der Waals surface area (Å²) in [7, 11) is 4.16. The van der Waals surface area contributed by atoms with Gasteiger partial charge in [0.05, 0.1) is 6.20 Å². The van der Waals surface area contributed by atoms with Gasteiger partial charge in [-0.15, -0.1) is 0 Å². The number of para-hydroxylation sites is 1. The molecule has 0 atom stereocenters. The highest BCUT2D eigenvalue weighted by molar-refractivity contribution is 5.56. The van der Waals surface area contributed by atoms with E-state index in [1.807, 2.05) is 17.9 Å². The van der Waals surface area contributed by atoms with Crippen LogP contribution in [-0.4, -0.2) is 16.8 Å². The average Bonchev–Trinajstić information content (AvgIpc) is 2.56. The van der Waals surface area contributed by atoms with Gasteiger partial charge in [0, 0.05) is 44.0 Å². The van der Waals surface area contributed by atoms with Crippen molar-refractivity contribution in [3.05, 3.63) is 47.3 Å². The summed E-state index contributed by atoms with van der Waals surface area (Å²) >= 11 is 0. The van der Waals surface area contributed by atoms with Crippen LogP contribution in [0.2, 0.25) is 0 Å². The van der Waals surface area contributed by atoms with E-state index in [1.165, 1.54) is 22.5 Å². The fourth-order valence-corrected chi connectivity index (χ4v) is 2.42. The smallest absolute Gasteiger partial charge is 0.0542 e. The zero-order valence-electron chi connectivity index (χ0n) is 9.64. The van der Waals surface area contributed by atoms with Crippen molar-refractivity contribution in [1.29, 1.82) is 0 Å². The number of rotatable bonds is 0. The van der Waals surface area contributed by atoms with Crippen molar-refractivity contribution in [3.63, 3.8) is 0 Å². The van der Waals surface area contributed by atoms with Crippen LogP contribution in [0.4, 0.5) is 5.69 Å². The molecule has 0 saturated heterocycles. The van der Waals surface area contributed by atoms with E-state index in [0.29, 0.717) is 0 Å². The highest BCUT2D eigenvalue weighted by atomic mass is 15.3. The number of aromatic nitrogens is 2. The monoisotopic (exact) mass is 213 g/mol. The molecule has 0 unspecified atom stereocenters. The van der Waals surface area contributed by atoms with Crippen LogP contribution < -0.4 is 4.90 Å². The van der Waals surface area contributed by atoms with Crippen molar-refractivity contribution < 1.29 is 0 Å². The van der Waals surface area contributed by atoms with Gasteiger partial charge in [0.15, 0.2) is 0 Å². The van der Waals surface area contributed by atoms with E-state index in [2.05, 4.69) is 41.3 Å². The van der Waals surface area contributed by atoms with E-state index < -0.39 is 0 Å². The summed E-state index contributed by atoms with van der Waals surface area (Å²) in [4.78, 5) is 2.29. The van der Waals surface area contributed by atoms with Gasteiger partial charge in [-0.1, -0.05) is 18.2 Å². The maximum absolute atomic E-state index is 4.34. The third-order valence-electron chi connectivity index (χ3n) is 3.32. The lowest BCUT2D eigenvalue weighted by Crippen LogP contribution is -2.15. The van der Waals surface area contributed by atoms with Crippen LogP contribution in [0.25, 0.3) is 0 Å². The van der Waals surface area contributed by atoms with Crippen molar-refractivity contribution in [2.45, 2.75) is 13.0 Å². The molecule has 3 heteroatoms. The molecular weight excluding hydrogens is 198 g/mol. The Kier molecular flexibility index (Phi) is 1.99. The average molecular weight is 213 g/mol. The molecule has 16 heavy (non-hydrogen) atoms. The van der Waals surface area contributed by atoms with Crippen LogP contribution in [0.15, 0.2) is 30.5 Å². The highest BCUT2D eigenvalue weighted by Gasteiger charge is 2.18. The van der Waals surface area contributed by atoms with Crippen molar-refractivity contribution in [1.82, 2.24) is 9.78 Å². The Bertz CT molecular complexity index is 528.